The summed E-state index contributed by atoms with van der Waals surface area (Å²) >= 11 is 0. The summed E-state index contributed by atoms with van der Waals surface area (Å²) in [6, 6.07) is 5.80. The van der Waals surface area contributed by atoms with Crippen LogP contribution in [0.2, 0.25) is 0 Å². The standard InChI is InChI=1S/C17H24N2O5S/c1-3-24-16(20)12-19(2)17(21)13-7-6-10-15(11-13)25(22,23)18-14-8-4-5-9-14/h6-7,10-11,14,18H,3-5,8-9,12H2,1-2H3. The van der Waals surface area contributed by atoms with Gasteiger partial charge >= 0.3 is 5.97 Å². The van der Waals surface area contributed by atoms with Crippen LogP contribution in [0, 0.1) is 0 Å². The van der Waals surface area contributed by atoms with Crippen LogP contribution in [0.25, 0.3) is 0 Å². The van der Waals surface area contributed by atoms with Crippen LogP contribution in [0.4, 0.5) is 0 Å². The summed E-state index contributed by atoms with van der Waals surface area (Å²) in [5, 5.41) is 0. The lowest BCUT2D eigenvalue weighted by molar-refractivity contribution is -0.143. The van der Waals surface area contributed by atoms with Crippen molar-refractivity contribution < 1.29 is 22.7 Å². The highest BCUT2D eigenvalue weighted by molar-refractivity contribution is 7.89. The fourth-order valence-corrected chi connectivity index (χ4v) is 4.17. The van der Waals surface area contributed by atoms with Crippen LogP contribution in [0.15, 0.2) is 29.2 Å². The van der Waals surface area contributed by atoms with Crippen molar-refractivity contribution in [3.63, 3.8) is 0 Å². The summed E-state index contributed by atoms with van der Waals surface area (Å²) < 4.78 is 32.5. The molecule has 0 radical (unpaired) electrons. The van der Waals surface area contributed by atoms with Gasteiger partial charge in [0, 0.05) is 18.7 Å². The van der Waals surface area contributed by atoms with Crippen LogP contribution in [-0.2, 0) is 19.6 Å². The molecule has 1 aromatic rings. The second-order valence-corrected chi connectivity index (χ2v) is 7.81. The Balaban J connectivity index is 2.11. The molecular formula is C17H24N2O5S. The van der Waals surface area contributed by atoms with Crippen LogP contribution < -0.4 is 4.72 Å². The second kappa shape index (κ2) is 8.44. The first-order valence-electron chi connectivity index (χ1n) is 8.37. The monoisotopic (exact) mass is 368 g/mol. The summed E-state index contributed by atoms with van der Waals surface area (Å²) in [5.74, 6) is -0.948. The van der Waals surface area contributed by atoms with Gasteiger partial charge in [-0.2, -0.15) is 0 Å². The predicted molar refractivity (Wildman–Crippen MR) is 92.6 cm³/mol. The molecule has 1 aromatic carbocycles. The van der Waals surface area contributed by atoms with E-state index in [0.29, 0.717) is 0 Å². The molecule has 0 heterocycles. The van der Waals surface area contributed by atoms with Gasteiger partial charge in [-0.25, -0.2) is 13.1 Å². The lowest BCUT2D eigenvalue weighted by Gasteiger charge is -2.17. The lowest BCUT2D eigenvalue weighted by Crippen LogP contribution is -2.34. The molecule has 8 heteroatoms. The Bertz CT molecular complexity index is 726. The van der Waals surface area contributed by atoms with E-state index in [-0.39, 0.29) is 29.7 Å². The van der Waals surface area contributed by atoms with Crippen molar-refractivity contribution in [2.75, 3.05) is 20.2 Å². The van der Waals surface area contributed by atoms with Gasteiger partial charge in [-0.15, -0.1) is 0 Å². The molecule has 0 aliphatic heterocycles. The molecule has 7 nitrogen and oxygen atoms in total. The molecule has 1 amide bonds. The zero-order valence-corrected chi connectivity index (χ0v) is 15.3. The van der Waals surface area contributed by atoms with Gasteiger partial charge in [-0.05, 0) is 38.0 Å². The number of benzene rings is 1. The van der Waals surface area contributed by atoms with Crippen LogP contribution >= 0.6 is 0 Å². The Hall–Kier alpha value is -1.93. The van der Waals surface area contributed by atoms with Gasteiger partial charge in [0.15, 0.2) is 0 Å². The summed E-state index contributed by atoms with van der Waals surface area (Å²) in [6.07, 6.45) is 3.70. The molecule has 2 rings (SSSR count). The number of hydrogen-bond donors (Lipinski definition) is 1. The number of hydrogen-bond acceptors (Lipinski definition) is 5. The van der Waals surface area contributed by atoms with E-state index in [0.717, 1.165) is 25.7 Å². The molecule has 0 spiro atoms. The van der Waals surface area contributed by atoms with Crippen molar-refractivity contribution in [3.8, 4) is 0 Å². The van der Waals surface area contributed by atoms with Crippen molar-refractivity contribution in [2.45, 2.75) is 43.5 Å². The van der Waals surface area contributed by atoms with E-state index in [9.17, 15) is 18.0 Å². The minimum Gasteiger partial charge on any atom is -0.465 e. The lowest BCUT2D eigenvalue weighted by atomic mass is 10.2. The van der Waals surface area contributed by atoms with Gasteiger partial charge in [0.1, 0.15) is 6.54 Å². The topological polar surface area (TPSA) is 92.8 Å². The highest BCUT2D eigenvalue weighted by atomic mass is 32.2. The minimum absolute atomic E-state index is 0.0455. The average molecular weight is 368 g/mol. The Kier molecular flexibility index (Phi) is 6.55. The number of nitrogens with one attached hydrogen (secondary N) is 1. The van der Waals surface area contributed by atoms with Crippen LogP contribution in [0.5, 0.6) is 0 Å². The van der Waals surface area contributed by atoms with E-state index in [1.165, 1.54) is 36.2 Å². The maximum atomic E-state index is 12.5. The normalized spacial score (nSPS) is 15.1. The molecule has 0 bridgehead atoms. The van der Waals surface area contributed by atoms with E-state index >= 15 is 0 Å². The van der Waals surface area contributed by atoms with Gasteiger partial charge < -0.3 is 9.64 Å². The molecule has 1 aliphatic rings. The van der Waals surface area contributed by atoms with E-state index in [1.54, 1.807) is 6.92 Å². The van der Waals surface area contributed by atoms with E-state index < -0.39 is 21.9 Å². The third-order valence-corrected chi connectivity index (χ3v) is 5.60. The van der Waals surface area contributed by atoms with Gasteiger partial charge in [0.2, 0.25) is 10.0 Å². The summed E-state index contributed by atoms with van der Waals surface area (Å²) in [4.78, 5) is 25.2. The Morgan fingerprint density at radius 2 is 1.96 bits per heavy atom. The number of carbonyl (C=O) groups excluding carboxylic acids is 2. The quantitative estimate of drug-likeness (QED) is 0.737. The fourth-order valence-electron chi connectivity index (χ4n) is 2.82. The number of likely N-dealkylation sites (N-methyl/N-ethyl adjacent to an activating group) is 1. The first kappa shape index (κ1) is 19.4. The first-order chi connectivity index (χ1) is 11.8. The van der Waals surface area contributed by atoms with Gasteiger partial charge in [-0.1, -0.05) is 18.9 Å². The molecule has 25 heavy (non-hydrogen) atoms. The molecular weight excluding hydrogens is 344 g/mol. The van der Waals surface area contributed by atoms with Gasteiger partial charge in [0.05, 0.1) is 11.5 Å². The Morgan fingerprint density at radius 1 is 1.28 bits per heavy atom. The predicted octanol–water partition coefficient (Wildman–Crippen LogP) is 1.54. The van der Waals surface area contributed by atoms with Crippen LogP contribution in [0.1, 0.15) is 43.0 Å². The SMILES string of the molecule is CCOC(=O)CN(C)C(=O)c1cccc(S(=O)(=O)NC2CCCC2)c1. The van der Waals surface area contributed by atoms with Gasteiger partial charge in [0.25, 0.3) is 5.91 Å². The third-order valence-electron chi connectivity index (χ3n) is 4.09. The molecule has 0 saturated heterocycles. The number of nitrogens with zero attached hydrogens (tertiary/aromatic N) is 1. The zero-order chi connectivity index (χ0) is 18.4. The van der Waals surface area contributed by atoms with Crippen molar-refractivity contribution in [1.29, 1.82) is 0 Å². The highest BCUT2D eigenvalue weighted by Gasteiger charge is 2.24. The molecule has 1 saturated carbocycles. The molecule has 1 N–H and O–H groups in total. The summed E-state index contributed by atoms with van der Waals surface area (Å²) in [6.45, 7) is 1.73. The number of esters is 1. The van der Waals surface area contributed by atoms with E-state index in [2.05, 4.69) is 4.72 Å². The zero-order valence-electron chi connectivity index (χ0n) is 14.5. The number of rotatable bonds is 7. The molecule has 0 atom stereocenters. The smallest absolute Gasteiger partial charge is 0.325 e. The largest absolute Gasteiger partial charge is 0.465 e. The molecule has 1 aliphatic carbocycles. The Morgan fingerprint density at radius 3 is 2.60 bits per heavy atom. The molecule has 0 unspecified atom stereocenters. The average Bonchev–Trinajstić information content (AvgIpc) is 3.06. The second-order valence-electron chi connectivity index (χ2n) is 6.10. The maximum Gasteiger partial charge on any atom is 0.325 e. The molecule has 0 aromatic heterocycles. The van der Waals surface area contributed by atoms with E-state index in [1.807, 2.05) is 0 Å². The van der Waals surface area contributed by atoms with E-state index in [4.69, 9.17) is 4.74 Å². The van der Waals surface area contributed by atoms with Crippen molar-refractivity contribution in [1.82, 2.24) is 9.62 Å². The number of sulfonamides is 1. The van der Waals surface area contributed by atoms with Gasteiger partial charge in [-0.3, -0.25) is 9.59 Å². The van der Waals surface area contributed by atoms with Crippen molar-refractivity contribution in [3.05, 3.63) is 29.8 Å². The summed E-state index contributed by atoms with van der Waals surface area (Å²) in [5.41, 5.74) is 0.209. The van der Waals surface area contributed by atoms with Crippen LogP contribution in [0.3, 0.4) is 0 Å². The number of carbonyl (C=O) groups is 2. The Labute approximate surface area is 148 Å². The minimum atomic E-state index is -3.67. The molecule has 1 fully saturated rings. The maximum absolute atomic E-state index is 12.5. The fraction of sp³-hybridized carbons (Fsp3) is 0.529. The third kappa shape index (κ3) is 5.27. The number of ether oxygens (including phenoxy) is 1. The van der Waals surface area contributed by atoms with Crippen molar-refractivity contribution in [2.24, 2.45) is 0 Å². The highest BCUT2D eigenvalue weighted by Crippen LogP contribution is 2.21. The molecule has 138 valence electrons. The van der Waals surface area contributed by atoms with Crippen LogP contribution in [-0.4, -0.2) is 51.4 Å². The first-order valence-corrected chi connectivity index (χ1v) is 9.85. The number of amides is 1. The summed E-state index contributed by atoms with van der Waals surface area (Å²) in [7, 11) is -2.20. The van der Waals surface area contributed by atoms with Crippen molar-refractivity contribution >= 4 is 21.9 Å².